The third kappa shape index (κ3) is 2.84. The second-order valence-electron chi connectivity index (χ2n) is 1.15. The lowest BCUT2D eigenvalue weighted by molar-refractivity contribution is -0.113. The fourth-order valence-corrected chi connectivity index (χ4v) is 0.154. The van der Waals surface area contributed by atoms with E-state index in [4.69, 9.17) is 0 Å². The van der Waals surface area contributed by atoms with Crippen LogP contribution in [0.2, 0.25) is 0 Å². The average molecular weight is 142 g/mol. The topological polar surface area (TPSA) is 17.1 Å². The summed E-state index contributed by atoms with van der Waals surface area (Å²) in [7, 11) is 0. The van der Waals surface area contributed by atoms with Gasteiger partial charge in [0.2, 0.25) is 5.83 Å². The van der Waals surface area contributed by atoms with Crippen LogP contribution < -0.4 is 0 Å². The third-order valence-electron chi connectivity index (χ3n) is 0.485. The molecule has 0 radical (unpaired) electrons. The number of hydrogen-bond acceptors (Lipinski definition) is 1. The zero-order valence-corrected chi connectivity index (χ0v) is 4.07. The summed E-state index contributed by atoms with van der Waals surface area (Å²) in [5, 5.41) is 0. The molecular formula is C4H2F4O. The van der Waals surface area contributed by atoms with E-state index < -0.39 is 12.0 Å². The van der Waals surface area contributed by atoms with Crippen LogP contribution in [-0.2, 0) is 4.79 Å². The molecule has 0 N–H and O–H groups in total. The van der Waals surface area contributed by atoms with Crippen molar-refractivity contribution in [2.24, 2.45) is 0 Å². The number of carbonyl (C=O) groups is 1. The number of rotatable bonds is 1. The Hall–Kier alpha value is -0.870. The smallest absolute Gasteiger partial charge is 0.298 e. The Balaban J connectivity index is 4.19. The van der Waals surface area contributed by atoms with Crippen LogP contribution in [0.1, 0.15) is 0 Å². The maximum atomic E-state index is 11.4. The van der Waals surface area contributed by atoms with Crippen LogP contribution in [0.3, 0.4) is 0 Å². The Bertz CT molecular complexity index is 134. The summed E-state index contributed by atoms with van der Waals surface area (Å²) in [4.78, 5) is 9.25. The van der Waals surface area contributed by atoms with Crippen LogP contribution >= 0.6 is 0 Å². The zero-order chi connectivity index (χ0) is 7.49. The third-order valence-corrected chi connectivity index (χ3v) is 0.485. The number of carbonyl (C=O) groups excluding carboxylic acids is 1. The normalized spacial score (nSPS) is 13.6. The second kappa shape index (κ2) is 2.61. The molecule has 0 aliphatic carbocycles. The van der Waals surface area contributed by atoms with Crippen molar-refractivity contribution >= 4 is 6.29 Å². The highest BCUT2D eigenvalue weighted by Gasteiger charge is 2.33. The number of alkyl halides is 3. The largest absolute Gasteiger partial charge is 0.443 e. The highest BCUT2D eigenvalue weighted by atomic mass is 19.4. The molecule has 0 spiro atoms. The number of hydrogen-bond donors (Lipinski definition) is 0. The Morgan fingerprint density at radius 3 is 1.89 bits per heavy atom. The van der Waals surface area contributed by atoms with E-state index in [1.165, 1.54) is 0 Å². The average Bonchev–Trinajstić information content (AvgIpc) is 1.64. The van der Waals surface area contributed by atoms with E-state index in [-0.39, 0.29) is 12.4 Å². The lowest BCUT2D eigenvalue weighted by Crippen LogP contribution is -2.07. The first kappa shape index (κ1) is 8.13. The molecule has 0 unspecified atom stereocenters. The molecule has 0 aromatic heterocycles. The van der Waals surface area contributed by atoms with Gasteiger partial charge >= 0.3 is 6.18 Å². The molecule has 0 aliphatic rings. The van der Waals surface area contributed by atoms with Gasteiger partial charge in [0, 0.05) is 6.08 Å². The molecule has 0 saturated carbocycles. The Kier molecular flexibility index (Phi) is 2.36. The Morgan fingerprint density at radius 1 is 1.33 bits per heavy atom. The van der Waals surface area contributed by atoms with E-state index in [1.807, 2.05) is 0 Å². The van der Waals surface area contributed by atoms with E-state index in [0.29, 0.717) is 0 Å². The Morgan fingerprint density at radius 2 is 1.78 bits per heavy atom. The van der Waals surface area contributed by atoms with Crippen molar-refractivity contribution in [2.45, 2.75) is 6.18 Å². The lowest BCUT2D eigenvalue weighted by Gasteiger charge is -1.98. The minimum absolute atomic E-state index is 0.181. The summed E-state index contributed by atoms with van der Waals surface area (Å²) in [5.74, 6) is -2.38. The summed E-state index contributed by atoms with van der Waals surface area (Å²) in [6.07, 6.45) is -5.47. The SMILES string of the molecule is O=C/C=C(\F)C(F)(F)F. The van der Waals surface area contributed by atoms with E-state index >= 15 is 0 Å². The summed E-state index contributed by atoms with van der Waals surface area (Å²) in [5.41, 5.74) is 0. The van der Waals surface area contributed by atoms with Crippen LogP contribution in [0.15, 0.2) is 11.9 Å². The molecule has 0 aliphatic heterocycles. The van der Waals surface area contributed by atoms with Crippen LogP contribution in [0.25, 0.3) is 0 Å². The van der Waals surface area contributed by atoms with Gasteiger partial charge in [-0.3, -0.25) is 4.79 Å². The number of aldehydes is 1. The predicted molar refractivity (Wildman–Crippen MR) is 21.3 cm³/mol. The second-order valence-corrected chi connectivity index (χ2v) is 1.15. The first-order valence-electron chi connectivity index (χ1n) is 1.86. The summed E-state index contributed by atoms with van der Waals surface area (Å²) >= 11 is 0. The van der Waals surface area contributed by atoms with Crippen molar-refractivity contribution in [3.05, 3.63) is 11.9 Å². The monoisotopic (exact) mass is 142 g/mol. The van der Waals surface area contributed by atoms with Crippen molar-refractivity contribution in [3.63, 3.8) is 0 Å². The number of allylic oxidation sites excluding steroid dienone is 2. The fourth-order valence-electron chi connectivity index (χ4n) is 0.154. The molecule has 9 heavy (non-hydrogen) atoms. The van der Waals surface area contributed by atoms with Gasteiger partial charge in [0.1, 0.15) is 6.29 Å². The van der Waals surface area contributed by atoms with Gasteiger partial charge in [-0.25, -0.2) is 4.39 Å². The molecule has 0 amide bonds. The van der Waals surface area contributed by atoms with Gasteiger partial charge in [-0.1, -0.05) is 0 Å². The number of halogens is 4. The maximum absolute atomic E-state index is 11.4. The Labute approximate surface area is 48.0 Å². The minimum Gasteiger partial charge on any atom is -0.298 e. The van der Waals surface area contributed by atoms with Crippen LogP contribution in [-0.4, -0.2) is 12.5 Å². The molecule has 0 bridgehead atoms. The van der Waals surface area contributed by atoms with Gasteiger partial charge in [-0.05, 0) is 0 Å². The quantitative estimate of drug-likeness (QED) is 0.308. The summed E-state index contributed by atoms with van der Waals surface area (Å²) in [6.45, 7) is 0. The van der Waals surface area contributed by atoms with E-state index in [2.05, 4.69) is 0 Å². The predicted octanol–water partition coefficient (Wildman–Crippen LogP) is 1.60. The van der Waals surface area contributed by atoms with Crippen molar-refractivity contribution in [1.82, 2.24) is 0 Å². The van der Waals surface area contributed by atoms with Crippen molar-refractivity contribution in [2.75, 3.05) is 0 Å². The first-order chi connectivity index (χ1) is 3.98. The van der Waals surface area contributed by atoms with E-state index in [9.17, 15) is 22.4 Å². The highest BCUT2D eigenvalue weighted by Crippen LogP contribution is 2.25. The molecule has 0 saturated heterocycles. The van der Waals surface area contributed by atoms with Crippen LogP contribution in [0.5, 0.6) is 0 Å². The van der Waals surface area contributed by atoms with Gasteiger partial charge in [0.15, 0.2) is 0 Å². The minimum atomic E-state index is -5.03. The molecule has 5 heteroatoms. The molecule has 0 aromatic rings. The van der Waals surface area contributed by atoms with Gasteiger partial charge in [0.05, 0.1) is 0 Å². The molecule has 52 valence electrons. The van der Waals surface area contributed by atoms with Gasteiger partial charge < -0.3 is 0 Å². The summed E-state index contributed by atoms with van der Waals surface area (Å²) < 4.78 is 44.5. The fraction of sp³-hybridized carbons (Fsp3) is 0.250. The zero-order valence-electron chi connectivity index (χ0n) is 4.07. The van der Waals surface area contributed by atoms with Gasteiger partial charge in [-0.2, -0.15) is 13.2 Å². The molecule has 0 heterocycles. The van der Waals surface area contributed by atoms with Crippen LogP contribution in [0.4, 0.5) is 17.6 Å². The van der Waals surface area contributed by atoms with Crippen molar-refractivity contribution in [3.8, 4) is 0 Å². The van der Waals surface area contributed by atoms with Crippen molar-refractivity contribution in [1.29, 1.82) is 0 Å². The van der Waals surface area contributed by atoms with Gasteiger partial charge in [0.25, 0.3) is 0 Å². The molecule has 0 aromatic carbocycles. The maximum Gasteiger partial charge on any atom is 0.443 e. The molecule has 0 atom stereocenters. The molecular weight excluding hydrogens is 140 g/mol. The van der Waals surface area contributed by atoms with Crippen molar-refractivity contribution < 1.29 is 22.4 Å². The van der Waals surface area contributed by atoms with E-state index in [0.717, 1.165) is 0 Å². The lowest BCUT2D eigenvalue weighted by atomic mass is 10.5. The highest BCUT2D eigenvalue weighted by molar-refractivity contribution is 5.65. The van der Waals surface area contributed by atoms with Crippen LogP contribution in [0, 0.1) is 0 Å². The standard InChI is InChI=1S/C4H2F4O/c5-3(1-2-9)4(6,7)8/h1-2H/b3-1-. The van der Waals surface area contributed by atoms with E-state index in [1.54, 1.807) is 0 Å². The van der Waals surface area contributed by atoms with Gasteiger partial charge in [-0.15, -0.1) is 0 Å². The first-order valence-corrected chi connectivity index (χ1v) is 1.86. The molecule has 1 nitrogen and oxygen atoms in total. The summed E-state index contributed by atoms with van der Waals surface area (Å²) in [6, 6.07) is 0. The molecule has 0 fully saturated rings. The molecule has 0 rings (SSSR count).